The van der Waals surface area contributed by atoms with Crippen molar-refractivity contribution in [1.29, 1.82) is 0 Å². The summed E-state index contributed by atoms with van der Waals surface area (Å²) >= 11 is 0. The monoisotopic (exact) mass is 1370 g/mol. The van der Waals surface area contributed by atoms with Gasteiger partial charge in [-0.05, 0) is 199 Å². The number of hydrogen-bond donors (Lipinski definition) is 0. The van der Waals surface area contributed by atoms with Gasteiger partial charge in [-0.1, -0.05) is 315 Å². The Kier molecular flexibility index (Phi) is 14.4. The molecular formula is C103H71BN4. The molecule has 2 aliphatic heterocycles. The van der Waals surface area contributed by atoms with E-state index < -0.39 is 0 Å². The molecule has 0 saturated carbocycles. The van der Waals surface area contributed by atoms with E-state index in [-0.39, 0.29) is 6.71 Å². The van der Waals surface area contributed by atoms with Crippen LogP contribution < -0.4 is 26.2 Å². The molecule has 0 fully saturated rings. The van der Waals surface area contributed by atoms with E-state index in [2.05, 4.69) is 389 Å². The van der Waals surface area contributed by atoms with Gasteiger partial charge in [-0.15, -0.1) is 0 Å². The molecule has 20 aromatic rings. The number of aromatic nitrogens is 2. The highest BCUT2D eigenvalue weighted by Crippen LogP contribution is 2.47. The molecule has 506 valence electrons. The Labute approximate surface area is 627 Å². The molecule has 0 spiro atoms. The molecule has 0 amide bonds. The third-order valence-electron chi connectivity index (χ3n) is 23.9. The van der Waals surface area contributed by atoms with E-state index in [4.69, 9.17) is 0 Å². The minimum Gasteiger partial charge on any atom is -0.342 e. The summed E-state index contributed by atoms with van der Waals surface area (Å²) < 4.78 is 5.10. The average Bonchev–Trinajstić information content (AvgIpc) is 0.745. The summed E-state index contributed by atoms with van der Waals surface area (Å²) in [6.45, 7) is 1.90. The molecule has 0 saturated heterocycles. The van der Waals surface area contributed by atoms with Crippen LogP contribution in [0.4, 0.5) is 22.7 Å². The smallest absolute Gasteiger partial charge is 0.252 e. The van der Waals surface area contributed by atoms with E-state index in [9.17, 15) is 0 Å². The standard InChI is InChI=1S/C103H71BN4/c1-5-26-68(27-6-1)75-40-23-41-76(69-28-7-2-8-29-69)80(75)58-60-105-97-57-52-73(79-54-55-90-88-45-22-35-72-34-21-44-87(101(72)88)89-47-25-46-86(79)102(89)90)64-92(97)104-91-56-53-74(108-95-50-19-15-38-84(95)85-39-16-20-51-96(85)108)65-98(91)106(61-59-81-77(70-30-9-3-10-31-70)42-24-43-78(81)71-32-11-4-12-33-71)100-63-67(62-99(105)103(100)104)66-107-93-48-17-13-36-82(93)83-37-14-18-49-94(83)107/h1-57,62-65H,58-61,66H2. The highest BCUT2D eigenvalue weighted by molar-refractivity contribution is 7.00. The lowest BCUT2D eigenvalue weighted by Gasteiger charge is -2.45. The topological polar surface area (TPSA) is 16.3 Å². The van der Waals surface area contributed by atoms with Gasteiger partial charge in [0.1, 0.15) is 0 Å². The van der Waals surface area contributed by atoms with E-state index in [0.717, 1.165) is 18.5 Å². The molecule has 0 bridgehead atoms. The van der Waals surface area contributed by atoms with Gasteiger partial charge < -0.3 is 18.9 Å². The maximum Gasteiger partial charge on any atom is 0.252 e. The number of anilines is 4. The zero-order valence-electron chi connectivity index (χ0n) is 59.6. The molecule has 0 atom stereocenters. The summed E-state index contributed by atoms with van der Waals surface area (Å²) in [5, 5.41) is 15.4. The van der Waals surface area contributed by atoms with Gasteiger partial charge in [-0.25, -0.2) is 0 Å². The summed E-state index contributed by atoms with van der Waals surface area (Å²) in [6, 6.07) is 140. The second-order valence-electron chi connectivity index (χ2n) is 29.5. The van der Waals surface area contributed by atoms with Gasteiger partial charge in [0.05, 0.1) is 11.0 Å². The first-order valence-corrected chi connectivity index (χ1v) is 38.1. The molecule has 18 aromatic carbocycles. The quantitative estimate of drug-likeness (QED) is 0.0613. The fourth-order valence-corrected chi connectivity index (χ4v) is 19.2. The molecule has 0 aliphatic carbocycles. The van der Waals surface area contributed by atoms with Crippen LogP contribution in [-0.2, 0) is 19.4 Å². The van der Waals surface area contributed by atoms with Crippen molar-refractivity contribution in [2.45, 2.75) is 19.4 Å². The van der Waals surface area contributed by atoms with Crippen LogP contribution in [0.15, 0.2) is 370 Å². The Morgan fingerprint density at radius 2 is 0.667 bits per heavy atom. The highest BCUT2D eigenvalue weighted by atomic mass is 15.2. The molecule has 0 unspecified atom stereocenters. The molecule has 4 nitrogen and oxygen atoms in total. The predicted octanol–water partition coefficient (Wildman–Crippen LogP) is 24.2. The van der Waals surface area contributed by atoms with E-state index in [1.165, 1.54) is 198 Å². The molecule has 5 heteroatoms. The fourth-order valence-electron chi connectivity index (χ4n) is 19.2. The Balaban J connectivity index is 0.821. The number of benzene rings is 18. The largest absolute Gasteiger partial charge is 0.342 e. The lowest BCUT2D eigenvalue weighted by atomic mass is 9.33. The van der Waals surface area contributed by atoms with Crippen LogP contribution in [0.3, 0.4) is 0 Å². The lowest BCUT2D eigenvalue weighted by molar-refractivity contribution is 0.860. The van der Waals surface area contributed by atoms with Gasteiger partial charge in [-0.3, -0.25) is 0 Å². The van der Waals surface area contributed by atoms with Crippen molar-refractivity contribution >= 4 is 133 Å². The van der Waals surface area contributed by atoms with E-state index in [1.54, 1.807) is 0 Å². The van der Waals surface area contributed by atoms with Gasteiger partial charge in [-0.2, -0.15) is 0 Å². The molecule has 4 heterocycles. The van der Waals surface area contributed by atoms with Gasteiger partial charge >= 0.3 is 0 Å². The van der Waals surface area contributed by atoms with E-state index in [0.29, 0.717) is 19.6 Å². The first kappa shape index (κ1) is 62.0. The van der Waals surface area contributed by atoms with Gasteiger partial charge in [0.15, 0.2) is 0 Å². The Hall–Kier alpha value is -13.5. The van der Waals surface area contributed by atoms with Crippen LogP contribution in [0.5, 0.6) is 0 Å². The Morgan fingerprint density at radius 3 is 1.19 bits per heavy atom. The third-order valence-corrected chi connectivity index (χ3v) is 23.9. The Morgan fingerprint density at radius 1 is 0.250 bits per heavy atom. The maximum absolute atomic E-state index is 2.77. The zero-order valence-corrected chi connectivity index (χ0v) is 59.6. The predicted molar refractivity (Wildman–Crippen MR) is 460 cm³/mol. The second kappa shape index (κ2) is 25.1. The minimum absolute atomic E-state index is 0.167. The van der Waals surface area contributed by atoms with Crippen LogP contribution in [0.2, 0.25) is 0 Å². The molecular weight excluding hydrogens is 1300 g/mol. The van der Waals surface area contributed by atoms with Crippen molar-refractivity contribution in [1.82, 2.24) is 9.13 Å². The molecule has 108 heavy (non-hydrogen) atoms. The van der Waals surface area contributed by atoms with Crippen molar-refractivity contribution in [2.75, 3.05) is 22.9 Å². The summed E-state index contributed by atoms with van der Waals surface area (Å²) in [5.41, 5.74) is 31.1. The molecule has 0 N–H and O–H groups in total. The van der Waals surface area contributed by atoms with Crippen molar-refractivity contribution in [3.63, 3.8) is 0 Å². The highest BCUT2D eigenvalue weighted by Gasteiger charge is 2.44. The first-order valence-electron chi connectivity index (χ1n) is 38.1. The Bertz CT molecular complexity index is 6700. The average molecular weight is 1380 g/mol. The fraction of sp³-hybridized carbons (Fsp3) is 0.0485. The van der Waals surface area contributed by atoms with Crippen LogP contribution >= 0.6 is 0 Å². The summed E-state index contributed by atoms with van der Waals surface area (Å²) in [7, 11) is 0. The van der Waals surface area contributed by atoms with Crippen molar-refractivity contribution in [2.24, 2.45) is 0 Å². The summed E-state index contributed by atoms with van der Waals surface area (Å²) in [5.74, 6) is 0. The number of rotatable bonds is 14. The van der Waals surface area contributed by atoms with E-state index >= 15 is 0 Å². The van der Waals surface area contributed by atoms with Gasteiger partial charge in [0, 0.05) is 80.6 Å². The van der Waals surface area contributed by atoms with Gasteiger partial charge in [0.25, 0.3) is 6.71 Å². The maximum atomic E-state index is 2.77. The number of fused-ring (bicyclic) bond motifs is 12. The number of para-hydroxylation sites is 4. The van der Waals surface area contributed by atoms with Crippen LogP contribution in [-0.4, -0.2) is 28.9 Å². The van der Waals surface area contributed by atoms with Gasteiger partial charge in [0.2, 0.25) is 0 Å². The minimum atomic E-state index is -0.167. The van der Waals surface area contributed by atoms with Crippen LogP contribution in [0.1, 0.15) is 16.7 Å². The SMILES string of the molecule is c1ccc(-c2cccc(-c3ccccc3)c2CCN2c3ccc(-c4ccc5c6cccc7cccc(c8cccc4c85)c76)cc3B3c4ccc(-n5c6ccccc6c6ccccc65)cc4N(CCc4c(-c5ccccc5)cccc4-c4ccccc4)c4cc(Cn5c6ccccc6c6ccccc65)cc2c43)cc1. The summed E-state index contributed by atoms with van der Waals surface area (Å²) in [4.78, 5) is 5.52. The first-order chi connectivity index (χ1) is 53.6. The molecule has 2 aliphatic rings. The lowest BCUT2D eigenvalue weighted by Crippen LogP contribution is -2.62. The number of hydrogen-bond acceptors (Lipinski definition) is 2. The van der Waals surface area contributed by atoms with Crippen molar-refractivity contribution in [3.8, 4) is 61.3 Å². The molecule has 0 radical (unpaired) electrons. The number of nitrogens with zero attached hydrogens (tertiary/aromatic N) is 4. The molecule has 22 rings (SSSR count). The normalized spacial score (nSPS) is 12.6. The van der Waals surface area contributed by atoms with Crippen LogP contribution in [0, 0.1) is 0 Å². The second-order valence-corrected chi connectivity index (χ2v) is 29.5. The molecule has 2 aromatic heterocycles. The zero-order chi connectivity index (χ0) is 70.9. The van der Waals surface area contributed by atoms with Crippen molar-refractivity contribution < 1.29 is 0 Å². The van der Waals surface area contributed by atoms with Crippen LogP contribution in [0.25, 0.3) is 148 Å². The van der Waals surface area contributed by atoms with E-state index in [1.807, 2.05) is 0 Å². The van der Waals surface area contributed by atoms with Crippen molar-refractivity contribution in [3.05, 3.63) is 387 Å². The summed E-state index contributed by atoms with van der Waals surface area (Å²) in [6.07, 6.45) is 1.54. The third kappa shape index (κ3) is 9.78.